The van der Waals surface area contributed by atoms with Gasteiger partial charge in [-0.3, -0.25) is 4.79 Å². The predicted octanol–water partition coefficient (Wildman–Crippen LogP) is 1.90. The normalized spacial score (nSPS) is 10.6. The summed E-state index contributed by atoms with van der Waals surface area (Å²) < 4.78 is 15.0. The highest BCUT2D eigenvalue weighted by Crippen LogP contribution is 2.37. The van der Waals surface area contributed by atoms with E-state index in [1.807, 2.05) is 6.07 Å². The topological polar surface area (TPSA) is 88.9 Å². The van der Waals surface area contributed by atoms with Gasteiger partial charge in [0.05, 0.1) is 19.2 Å². The third kappa shape index (κ3) is 4.89. The molecule has 0 saturated heterocycles. The number of rotatable bonds is 6. The summed E-state index contributed by atoms with van der Waals surface area (Å²) in [6, 6.07) is 4.88. The maximum absolute atomic E-state index is 11.9. The summed E-state index contributed by atoms with van der Waals surface area (Å²) >= 11 is 6.14. The summed E-state index contributed by atoms with van der Waals surface area (Å²) in [7, 11) is 5.74. The third-order valence-corrected chi connectivity index (χ3v) is 3.16. The van der Waals surface area contributed by atoms with Gasteiger partial charge in [0.15, 0.2) is 18.1 Å². The Morgan fingerprint density at radius 2 is 2.00 bits per heavy atom. The largest absolute Gasteiger partial charge is 0.493 e. The van der Waals surface area contributed by atoms with Gasteiger partial charge in [0, 0.05) is 14.1 Å². The first-order valence-electron chi connectivity index (χ1n) is 6.74. The molecule has 1 amide bonds. The van der Waals surface area contributed by atoms with Crippen molar-refractivity contribution in [2.24, 2.45) is 0 Å². The van der Waals surface area contributed by atoms with Crippen molar-refractivity contribution >= 4 is 29.6 Å². The van der Waals surface area contributed by atoms with E-state index in [-0.39, 0.29) is 28.7 Å². The highest BCUT2D eigenvalue weighted by Gasteiger charge is 2.16. The quantitative estimate of drug-likeness (QED) is 0.441. The van der Waals surface area contributed by atoms with Crippen molar-refractivity contribution in [2.45, 2.75) is 0 Å². The molecule has 8 heteroatoms. The molecule has 0 aliphatic carbocycles. The number of methoxy groups -OCH3 is 2. The zero-order chi connectivity index (χ0) is 18.3. The molecule has 0 unspecified atom stereocenters. The molecule has 0 fully saturated rings. The molecule has 7 nitrogen and oxygen atoms in total. The molecule has 0 aromatic heterocycles. The van der Waals surface area contributed by atoms with Crippen LogP contribution in [0.15, 0.2) is 17.7 Å². The molecule has 0 N–H and O–H groups in total. The number of likely N-dealkylation sites (N-methyl/N-ethyl adjacent to an activating group) is 1. The van der Waals surface area contributed by atoms with Crippen LogP contribution in [0.1, 0.15) is 5.56 Å². The van der Waals surface area contributed by atoms with Crippen LogP contribution in [-0.4, -0.2) is 51.7 Å². The van der Waals surface area contributed by atoms with E-state index >= 15 is 0 Å². The molecule has 0 bridgehead atoms. The van der Waals surface area contributed by atoms with Gasteiger partial charge in [0.1, 0.15) is 11.6 Å². The van der Waals surface area contributed by atoms with Crippen LogP contribution in [-0.2, 0) is 14.3 Å². The monoisotopic (exact) mass is 352 g/mol. The summed E-state index contributed by atoms with van der Waals surface area (Å²) in [6.45, 7) is -0.329. The van der Waals surface area contributed by atoms with Crippen LogP contribution in [0.5, 0.6) is 11.5 Å². The number of hydrogen-bond acceptors (Lipinski definition) is 6. The van der Waals surface area contributed by atoms with Crippen molar-refractivity contribution in [1.29, 1.82) is 5.26 Å². The number of nitriles is 1. The van der Waals surface area contributed by atoms with Crippen LogP contribution in [0.3, 0.4) is 0 Å². The highest BCUT2D eigenvalue weighted by molar-refractivity contribution is 6.32. The van der Waals surface area contributed by atoms with Gasteiger partial charge in [-0.2, -0.15) is 5.26 Å². The summed E-state index contributed by atoms with van der Waals surface area (Å²) in [5.41, 5.74) is 0.426. The van der Waals surface area contributed by atoms with E-state index in [1.54, 1.807) is 20.2 Å². The molecule has 0 radical (unpaired) electrons. The Labute approximate surface area is 145 Å². The molecule has 1 rings (SSSR count). The van der Waals surface area contributed by atoms with Gasteiger partial charge in [0.25, 0.3) is 5.91 Å². The van der Waals surface area contributed by atoms with E-state index in [2.05, 4.69) is 4.74 Å². The Morgan fingerprint density at radius 3 is 2.50 bits per heavy atom. The maximum atomic E-state index is 11.9. The number of benzene rings is 1. The number of nitrogens with zero attached hydrogens (tertiary/aromatic N) is 2. The molecular formula is C16H17ClN2O5. The summed E-state index contributed by atoms with van der Waals surface area (Å²) in [5.74, 6) is -0.578. The van der Waals surface area contributed by atoms with E-state index < -0.39 is 11.9 Å². The summed E-state index contributed by atoms with van der Waals surface area (Å²) in [4.78, 5) is 24.4. The first kappa shape index (κ1) is 19.3. The Balaban J connectivity index is 3.21. The summed E-state index contributed by atoms with van der Waals surface area (Å²) in [6.07, 6.45) is 1.39. The van der Waals surface area contributed by atoms with E-state index in [0.29, 0.717) is 5.56 Å². The zero-order valence-electron chi connectivity index (χ0n) is 13.8. The molecule has 128 valence electrons. The van der Waals surface area contributed by atoms with Crippen molar-refractivity contribution in [1.82, 2.24) is 4.90 Å². The number of halogens is 1. The molecule has 1 aromatic rings. The van der Waals surface area contributed by atoms with Gasteiger partial charge >= 0.3 is 5.97 Å². The van der Waals surface area contributed by atoms with Crippen molar-refractivity contribution in [3.05, 3.63) is 28.3 Å². The molecule has 0 aliphatic rings. The molecule has 1 aromatic carbocycles. The molecule has 0 saturated carbocycles. The van der Waals surface area contributed by atoms with Gasteiger partial charge in [-0.25, -0.2) is 4.79 Å². The number of carbonyl (C=O) groups is 2. The standard InChI is InChI=1S/C16H17ClN2O5/c1-19(2)16(21)11(8-18)5-10-6-12(17)15(13(7-10)22-3)24-9-14(20)23-4/h5-7H,9H2,1-4H3/b11-5-. The molecule has 0 spiro atoms. The second-order valence-corrected chi connectivity index (χ2v) is 5.18. The lowest BCUT2D eigenvalue weighted by Gasteiger charge is -2.13. The second-order valence-electron chi connectivity index (χ2n) is 4.77. The van der Waals surface area contributed by atoms with Crippen LogP contribution in [0.4, 0.5) is 0 Å². The molecule has 24 heavy (non-hydrogen) atoms. The zero-order valence-corrected chi connectivity index (χ0v) is 14.5. The van der Waals surface area contributed by atoms with E-state index in [1.165, 1.54) is 31.3 Å². The highest BCUT2D eigenvalue weighted by atomic mass is 35.5. The fourth-order valence-corrected chi connectivity index (χ4v) is 1.98. The minimum Gasteiger partial charge on any atom is -0.493 e. The Morgan fingerprint density at radius 1 is 1.33 bits per heavy atom. The van der Waals surface area contributed by atoms with Crippen molar-refractivity contribution in [3.63, 3.8) is 0 Å². The molecule has 0 atom stereocenters. The number of esters is 1. The van der Waals surface area contributed by atoms with E-state index in [4.69, 9.17) is 26.3 Å². The number of hydrogen-bond donors (Lipinski definition) is 0. The van der Waals surface area contributed by atoms with Gasteiger partial charge in [-0.05, 0) is 23.8 Å². The summed E-state index contributed by atoms with van der Waals surface area (Å²) in [5, 5.41) is 9.29. The smallest absolute Gasteiger partial charge is 0.343 e. The van der Waals surface area contributed by atoms with Crippen LogP contribution in [0.25, 0.3) is 6.08 Å². The minimum absolute atomic E-state index is 0.0543. The molecular weight excluding hydrogens is 336 g/mol. The fraction of sp³-hybridized carbons (Fsp3) is 0.312. The van der Waals surface area contributed by atoms with Gasteiger partial charge in [0.2, 0.25) is 0 Å². The second kappa shape index (κ2) is 8.79. The third-order valence-electron chi connectivity index (χ3n) is 2.88. The van der Waals surface area contributed by atoms with Gasteiger partial charge < -0.3 is 19.1 Å². The van der Waals surface area contributed by atoms with Gasteiger partial charge in [-0.15, -0.1) is 0 Å². The SMILES string of the molecule is COC(=O)COc1c(Cl)cc(/C=C(/C#N)C(=O)N(C)C)cc1OC. The van der Waals surface area contributed by atoms with E-state index in [0.717, 1.165) is 0 Å². The van der Waals surface area contributed by atoms with E-state index in [9.17, 15) is 9.59 Å². The minimum atomic E-state index is -0.569. The number of ether oxygens (including phenoxy) is 3. The lowest BCUT2D eigenvalue weighted by Crippen LogP contribution is -2.22. The van der Waals surface area contributed by atoms with Crippen molar-refractivity contribution in [3.8, 4) is 17.6 Å². The van der Waals surface area contributed by atoms with Crippen LogP contribution < -0.4 is 9.47 Å². The van der Waals surface area contributed by atoms with Crippen LogP contribution >= 0.6 is 11.6 Å². The molecule has 0 heterocycles. The molecule has 0 aliphatic heterocycles. The van der Waals surface area contributed by atoms with Crippen LogP contribution in [0, 0.1) is 11.3 Å². The van der Waals surface area contributed by atoms with Crippen LogP contribution in [0.2, 0.25) is 5.02 Å². The number of carbonyl (C=O) groups excluding carboxylic acids is 2. The number of amides is 1. The first-order valence-corrected chi connectivity index (χ1v) is 7.12. The van der Waals surface area contributed by atoms with Gasteiger partial charge in [-0.1, -0.05) is 11.6 Å². The first-order chi connectivity index (χ1) is 11.3. The Kier molecular flexibility index (Phi) is 7.08. The predicted molar refractivity (Wildman–Crippen MR) is 87.8 cm³/mol. The maximum Gasteiger partial charge on any atom is 0.343 e. The average Bonchev–Trinajstić information content (AvgIpc) is 2.56. The average molecular weight is 353 g/mol. The van der Waals surface area contributed by atoms with Crippen molar-refractivity contribution in [2.75, 3.05) is 34.9 Å². The fourth-order valence-electron chi connectivity index (χ4n) is 1.70. The lowest BCUT2D eigenvalue weighted by molar-refractivity contribution is -0.142. The Hall–Kier alpha value is -2.72. The van der Waals surface area contributed by atoms with Crippen molar-refractivity contribution < 1.29 is 23.8 Å². The Bertz CT molecular complexity index is 707. The lowest BCUT2D eigenvalue weighted by atomic mass is 10.1.